The Morgan fingerprint density at radius 3 is 2.95 bits per heavy atom. The molecule has 1 aromatic carbocycles. The number of hydrogen-bond acceptors (Lipinski definition) is 5. The predicted octanol–water partition coefficient (Wildman–Crippen LogP) is 1.37. The smallest absolute Gasteiger partial charge is 0.262 e. The number of ether oxygens (including phenoxy) is 1. The van der Waals surface area contributed by atoms with Crippen molar-refractivity contribution >= 4 is 17.4 Å². The molecule has 3 rings (SSSR count). The zero-order valence-corrected chi connectivity index (χ0v) is 10.3. The summed E-state index contributed by atoms with van der Waals surface area (Å²) in [6, 6.07) is 7.34. The minimum absolute atomic E-state index is 0.0487. The minimum Gasteiger partial charge on any atom is -0.482 e. The van der Waals surface area contributed by atoms with Gasteiger partial charge in [-0.25, -0.2) is 0 Å². The van der Waals surface area contributed by atoms with Crippen molar-refractivity contribution in [2.45, 2.75) is 6.92 Å². The van der Waals surface area contributed by atoms with Crippen molar-refractivity contribution in [3.8, 4) is 17.0 Å². The molecule has 19 heavy (non-hydrogen) atoms. The molecule has 96 valence electrons. The van der Waals surface area contributed by atoms with Gasteiger partial charge in [-0.2, -0.15) is 0 Å². The van der Waals surface area contributed by atoms with Crippen molar-refractivity contribution in [3.63, 3.8) is 0 Å². The van der Waals surface area contributed by atoms with Crippen LogP contribution in [-0.4, -0.2) is 22.7 Å². The normalized spacial score (nSPS) is 13.4. The van der Waals surface area contributed by atoms with Crippen molar-refractivity contribution in [2.75, 3.05) is 17.7 Å². The third-order valence-electron chi connectivity index (χ3n) is 2.93. The number of carbonyl (C=O) groups is 1. The van der Waals surface area contributed by atoms with Gasteiger partial charge in [0.1, 0.15) is 11.6 Å². The van der Waals surface area contributed by atoms with E-state index in [0.717, 1.165) is 11.1 Å². The number of fused-ring (bicyclic) bond motifs is 1. The fourth-order valence-corrected chi connectivity index (χ4v) is 1.88. The van der Waals surface area contributed by atoms with Crippen LogP contribution >= 0.6 is 0 Å². The lowest BCUT2D eigenvalue weighted by Gasteiger charge is -2.18. The molecule has 0 fully saturated rings. The Morgan fingerprint density at radius 2 is 2.16 bits per heavy atom. The number of aryl methyl sites for hydroxylation is 1. The summed E-state index contributed by atoms with van der Waals surface area (Å²) in [5.74, 6) is 0.908. The molecule has 0 bridgehead atoms. The Morgan fingerprint density at radius 1 is 1.32 bits per heavy atom. The fourth-order valence-electron chi connectivity index (χ4n) is 1.88. The van der Waals surface area contributed by atoms with Crippen molar-refractivity contribution in [2.24, 2.45) is 0 Å². The van der Waals surface area contributed by atoms with Gasteiger partial charge in [-0.1, -0.05) is 0 Å². The molecule has 0 spiro atoms. The number of benzene rings is 1. The second-order valence-corrected chi connectivity index (χ2v) is 4.35. The maximum absolute atomic E-state index is 11.3. The summed E-state index contributed by atoms with van der Waals surface area (Å²) in [6.45, 7) is 1.92. The Bertz CT molecular complexity index is 670. The average molecular weight is 256 g/mol. The van der Waals surface area contributed by atoms with Gasteiger partial charge in [-0.05, 0) is 36.8 Å². The van der Waals surface area contributed by atoms with Crippen LogP contribution in [0.3, 0.4) is 0 Å². The maximum Gasteiger partial charge on any atom is 0.262 e. The Labute approximate surface area is 109 Å². The van der Waals surface area contributed by atoms with Gasteiger partial charge < -0.3 is 15.8 Å². The summed E-state index contributed by atoms with van der Waals surface area (Å²) in [4.78, 5) is 11.3. The van der Waals surface area contributed by atoms with Crippen LogP contribution in [0.1, 0.15) is 5.56 Å². The van der Waals surface area contributed by atoms with Crippen molar-refractivity contribution in [3.05, 3.63) is 29.8 Å². The molecular weight excluding hydrogens is 244 g/mol. The van der Waals surface area contributed by atoms with Gasteiger partial charge in [0.15, 0.2) is 6.61 Å². The van der Waals surface area contributed by atoms with Crippen LogP contribution in [0.25, 0.3) is 11.3 Å². The number of nitrogens with one attached hydrogen (secondary N) is 1. The number of hydrogen-bond donors (Lipinski definition) is 2. The second-order valence-electron chi connectivity index (χ2n) is 4.35. The van der Waals surface area contributed by atoms with Gasteiger partial charge in [-0.3, -0.25) is 4.79 Å². The number of nitrogens with zero attached hydrogens (tertiary/aromatic N) is 2. The molecule has 1 aromatic heterocycles. The number of aromatic nitrogens is 2. The van der Waals surface area contributed by atoms with Gasteiger partial charge in [0.25, 0.3) is 5.91 Å². The van der Waals surface area contributed by atoms with E-state index in [4.69, 9.17) is 10.5 Å². The van der Waals surface area contributed by atoms with Gasteiger partial charge in [0.05, 0.1) is 11.4 Å². The molecule has 1 amide bonds. The van der Waals surface area contributed by atoms with Gasteiger partial charge in [0.2, 0.25) is 0 Å². The molecule has 3 N–H and O–H groups in total. The third kappa shape index (κ3) is 2.08. The summed E-state index contributed by atoms with van der Waals surface area (Å²) in [5, 5.41) is 10.7. The Balaban J connectivity index is 2.03. The van der Waals surface area contributed by atoms with E-state index >= 15 is 0 Å². The van der Waals surface area contributed by atoms with Crippen molar-refractivity contribution in [1.82, 2.24) is 10.2 Å². The highest BCUT2D eigenvalue weighted by molar-refractivity contribution is 5.96. The van der Waals surface area contributed by atoms with E-state index in [1.807, 2.05) is 25.1 Å². The Kier molecular flexibility index (Phi) is 2.56. The fraction of sp³-hybridized carbons (Fsp3) is 0.154. The highest BCUT2D eigenvalue weighted by Gasteiger charge is 2.16. The lowest BCUT2D eigenvalue weighted by Crippen LogP contribution is -2.25. The van der Waals surface area contributed by atoms with Crippen molar-refractivity contribution in [1.29, 1.82) is 0 Å². The first-order valence-corrected chi connectivity index (χ1v) is 5.80. The van der Waals surface area contributed by atoms with E-state index in [-0.39, 0.29) is 12.5 Å². The van der Waals surface area contributed by atoms with Crippen LogP contribution in [0.2, 0.25) is 0 Å². The molecule has 6 nitrogen and oxygen atoms in total. The number of carbonyl (C=O) groups excluding carboxylic acids is 1. The van der Waals surface area contributed by atoms with E-state index in [1.165, 1.54) is 0 Å². The van der Waals surface area contributed by atoms with E-state index < -0.39 is 0 Å². The molecular formula is C13H12N4O2. The lowest BCUT2D eigenvalue weighted by molar-refractivity contribution is -0.118. The molecule has 0 atom stereocenters. The molecule has 6 heteroatoms. The predicted molar refractivity (Wildman–Crippen MR) is 70.7 cm³/mol. The van der Waals surface area contributed by atoms with Crippen LogP contribution in [-0.2, 0) is 4.79 Å². The summed E-state index contributed by atoms with van der Waals surface area (Å²) < 4.78 is 5.30. The van der Waals surface area contributed by atoms with E-state index in [9.17, 15) is 4.79 Å². The third-order valence-corrected chi connectivity index (χ3v) is 2.93. The SMILES string of the molecule is Cc1cc(-c2ccc3c(c2)NC(=O)CO3)nnc1N. The molecule has 1 aliphatic rings. The highest BCUT2D eigenvalue weighted by atomic mass is 16.5. The number of rotatable bonds is 1. The standard InChI is InChI=1S/C13H12N4O2/c1-7-4-9(16-17-13(7)14)8-2-3-11-10(5-8)15-12(18)6-19-11/h2-5H,6H2,1H3,(H2,14,17)(H,15,18). The summed E-state index contributed by atoms with van der Waals surface area (Å²) in [5.41, 5.74) is 8.70. The number of anilines is 2. The van der Waals surface area contributed by atoms with Crippen LogP contribution < -0.4 is 15.8 Å². The summed E-state index contributed by atoms with van der Waals surface area (Å²) in [6.07, 6.45) is 0. The van der Waals surface area contributed by atoms with E-state index in [0.29, 0.717) is 22.9 Å². The number of nitrogens with two attached hydrogens (primary N) is 1. The zero-order chi connectivity index (χ0) is 13.4. The molecule has 2 aromatic rings. The second kappa shape index (κ2) is 4.24. The zero-order valence-electron chi connectivity index (χ0n) is 10.3. The topological polar surface area (TPSA) is 90.1 Å². The summed E-state index contributed by atoms with van der Waals surface area (Å²) >= 11 is 0. The molecule has 2 heterocycles. The first-order valence-electron chi connectivity index (χ1n) is 5.80. The van der Waals surface area contributed by atoms with Crippen LogP contribution in [0.15, 0.2) is 24.3 Å². The highest BCUT2D eigenvalue weighted by Crippen LogP contribution is 2.32. The molecule has 0 aliphatic carbocycles. The summed E-state index contributed by atoms with van der Waals surface area (Å²) in [7, 11) is 0. The van der Waals surface area contributed by atoms with Gasteiger partial charge in [-0.15, -0.1) is 10.2 Å². The van der Waals surface area contributed by atoms with Crippen LogP contribution in [0, 0.1) is 6.92 Å². The van der Waals surface area contributed by atoms with Crippen LogP contribution in [0.4, 0.5) is 11.5 Å². The monoisotopic (exact) mass is 256 g/mol. The van der Waals surface area contributed by atoms with E-state index in [1.54, 1.807) is 6.07 Å². The first-order chi connectivity index (χ1) is 9.13. The van der Waals surface area contributed by atoms with Crippen LogP contribution in [0.5, 0.6) is 5.75 Å². The maximum atomic E-state index is 11.3. The van der Waals surface area contributed by atoms with E-state index in [2.05, 4.69) is 15.5 Å². The molecule has 0 saturated heterocycles. The Hall–Kier alpha value is -2.63. The number of nitrogen functional groups attached to an aromatic ring is 1. The quantitative estimate of drug-likeness (QED) is 0.804. The van der Waals surface area contributed by atoms with Crippen molar-refractivity contribution < 1.29 is 9.53 Å². The molecule has 1 aliphatic heterocycles. The molecule has 0 unspecified atom stereocenters. The first kappa shape index (κ1) is 11.5. The van der Waals surface area contributed by atoms with Gasteiger partial charge >= 0.3 is 0 Å². The molecule has 0 saturated carbocycles. The largest absolute Gasteiger partial charge is 0.482 e. The van der Waals surface area contributed by atoms with Gasteiger partial charge in [0, 0.05) is 5.56 Å². The lowest BCUT2D eigenvalue weighted by atomic mass is 10.1. The minimum atomic E-state index is -0.163. The molecule has 0 radical (unpaired) electrons. The average Bonchev–Trinajstić information content (AvgIpc) is 2.41. The number of amides is 1.